The Morgan fingerprint density at radius 3 is 2.65 bits per heavy atom. The third-order valence-corrected chi connectivity index (χ3v) is 6.35. The molecule has 2 heterocycles. The number of halogens is 2. The van der Waals surface area contributed by atoms with Crippen molar-refractivity contribution in [3.63, 3.8) is 0 Å². The Balaban J connectivity index is 1.68. The Morgan fingerprint density at radius 2 is 1.92 bits per heavy atom. The fraction of sp³-hybridized carbons (Fsp3) is 0.684. The zero-order valence-corrected chi connectivity index (χ0v) is 16.6. The van der Waals surface area contributed by atoms with Crippen molar-refractivity contribution in [3.8, 4) is 5.75 Å². The van der Waals surface area contributed by atoms with Crippen LogP contribution in [0.15, 0.2) is 12.1 Å². The molecule has 0 aromatic heterocycles. The first-order chi connectivity index (χ1) is 12.6. The summed E-state index contributed by atoms with van der Waals surface area (Å²) >= 11 is 12.6. The van der Waals surface area contributed by atoms with Crippen LogP contribution in [0.4, 0.5) is 0 Å². The molecule has 0 amide bonds. The number of phenols is 1. The minimum Gasteiger partial charge on any atom is -0.506 e. The molecule has 0 radical (unpaired) electrons. The van der Waals surface area contributed by atoms with Crippen LogP contribution in [0.1, 0.15) is 24.8 Å². The molecule has 2 aliphatic rings. The summed E-state index contributed by atoms with van der Waals surface area (Å²) in [6, 6.07) is 3.77. The molecule has 1 aromatic rings. The predicted octanol–water partition coefficient (Wildman–Crippen LogP) is 2.99. The second-order valence-electron chi connectivity index (χ2n) is 7.22. The van der Waals surface area contributed by atoms with Crippen molar-refractivity contribution in [3.05, 3.63) is 27.7 Å². The molecule has 26 heavy (non-hydrogen) atoms. The summed E-state index contributed by atoms with van der Waals surface area (Å²) in [5, 5.41) is 20.1. The van der Waals surface area contributed by atoms with E-state index in [2.05, 4.69) is 9.80 Å². The number of aliphatic hydroxyl groups is 1. The maximum atomic E-state index is 9.88. The number of piperidine rings is 1. The Labute approximate surface area is 165 Å². The van der Waals surface area contributed by atoms with Gasteiger partial charge in [0.05, 0.1) is 18.2 Å². The molecule has 0 spiro atoms. The predicted molar refractivity (Wildman–Crippen MR) is 104 cm³/mol. The van der Waals surface area contributed by atoms with Crippen LogP contribution in [-0.4, -0.2) is 72.1 Å². The number of likely N-dealkylation sites (tertiary alicyclic amines) is 1. The molecule has 2 aliphatic heterocycles. The van der Waals surface area contributed by atoms with Gasteiger partial charge < -0.3 is 14.9 Å². The van der Waals surface area contributed by atoms with Gasteiger partial charge >= 0.3 is 0 Å². The van der Waals surface area contributed by atoms with Crippen molar-refractivity contribution in [2.75, 3.05) is 46.0 Å². The summed E-state index contributed by atoms with van der Waals surface area (Å²) in [5.74, 6) is 0.579. The molecule has 0 aliphatic carbocycles. The van der Waals surface area contributed by atoms with Gasteiger partial charge in [-0.25, -0.2) is 0 Å². The molecule has 7 heteroatoms. The first kappa shape index (κ1) is 20.2. The highest BCUT2D eigenvalue weighted by Gasteiger charge is 2.34. The third-order valence-electron chi connectivity index (χ3n) is 5.57. The number of hydrogen-bond acceptors (Lipinski definition) is 5. The summed E-state index contributed by atoms with van der Waals surface area (Å²) in [4.78, 5) is 4.92. The van der Waals surface area contributed by atoms with Crippen molar-refractivity contribution >= 4 is 23.2 Å². The topological polar surface area (TPSA) is 56.2 Å². The number of aliphatic hydroxyl groups excluding tert-OH is 1. The van der Waals surface area contributed by atoms with Crippen molar-refractivity contribution in [2.45, 2.75) is 31.8 Å². The molecule has 0 saturated carbocycles. The van der Waals surface area contributed by atoms with Gasteiger partial charge in [-0.1, -0.05) is 23.2 Å². The van der Waals surface area contributed by atoms with Gasteiger partial charge in [0, 0.05) is 49.4 Å². The second kappa shape index (κ2) is 9.58. The summed E-state index contributed by atoms with van der Waals surface area (Å²) in [6.45, 7) is 6.39. The fourth-order valence-corrected chi connectivity index (χ4v) is 4.71. The molecule has 2 fully saturated rings. The van der Waals surface area contributed by atoms with Gasteiger partial charge in [-0.15, -0.1) is 0 Å². The number of ether oxygens (including phenoxy) is 1. The van der Waals surface area contributed by atoms with Crippen molar-refractivity contribution < 1.29 is 14.9 Å². The van der Waals surface area contributed by atoms with Crippen molar-refractivity contribution in [1.29, 1.82) is 0 Å². The SMILES string of the molecule is OCCC[C@@H]1CN(Cc2c(Cl)ccc(O)c2Cl)CC[C@@H]1N1CCOCC1. The molecule has 2 saturated heterocycles. The molecule has 146 valence electrons. The zero-order chi connectivity index (χ0) is 18.5. The molecular weight excluding hydrogens is 375 g/mol. The lowest BCUT2D eigenvalue weighted by molar-refractivity contribution is -0.0231. The van der Waals surface area contributed by atoms with E-state index in [1.165, 1.54) is 6.07 Å². The highest BCUT2D eigenvalue weighted by atomic mass is 35.5. The Kier molecular flexibility index (Phi) is 7.44. The molecule has 1 aromatic carbocycles. The van der Waals surface area contributed by atoms with E-state index in [1.807, 2.05) is 0 Å². The second-order valence-corrected chi connectivity index (χ2v) is 8.01. The number of aromatic hydroxyl groups is 1. The molecule has 2 atom stereocenters. The lowest BCUT2D eigenvalue weighted by atomic mass is 9.86. The van der Waals surface area contributed by atoms with Crippen LogP contribution in [0.2, 0.25) is 10.0 Å². The smallest absolute Gasteiger partial charge is 0.134 e. The normalized spacial score (nSPS) is 25.5. The Bertz CT molecular complexity index is 596. The van der Waals surface area contributed by atoms with E-state index in [9.17, 15) is 10.2 Å². The van der Waals surface area contributed by atoms with Gasteiger partial charge in [-0.05, 0) is 43.9 Å². The molecule has 0 bridgehead atoms. The summed E-state index contributed by atoms with van der Waals surface area (Å²) in [5.41, 5.74) is 0.791. The Hall–Kier alpha value is -0.560. The van der Waals surface area contributed by atoms with Gasteiger partial charge in [0.25, 0.3) is 0 Å². The van der Waals surface area contributed by atoms with Crippen LogP contribution < -0.4 is 0 Å². The number of nitrogens with zero attached hydrogens (tertiary/aromatic N) is 2. The van der Waals surface area contributed by atoms with E-state index in [0.29, 0.717) is 28.5 Å². The minimum absolute atomic E-state index is 0.0751. The molecule has 0 unspecified atom stereocenters. The van der Waals surface area contributed by atoms with Gasteiger partial charge in [-0.3, -0.25) is 9.80 Å². The zero-order valence-electron chi connectivity index (χ0n) is 15.0. The summed E-state index contributed by atoms with van der Waals surface area (Å²) < 4.78 is 5.50. The number of hydrogen-bond donors (Lipinski definition) is 2. The fourth-order valence-electron chi connectivity index (χ4n) is 4.22. The average molecular weight is 403 g/mol. The monoisotopic (exact) mass is 402 g/mol. The standard InChI is InChI=1S/C19H28Cl2N2O3/c20-16-3-4-18(25)19(21)15(16)13-22-6-5-17(14(12-22)2-1-9-24)23-7-10-26-11-8-23/h3-4,14,17,24-25H,1-2,5-13H2/t14-,17+/m1/s1. The first-order valence-corrected chi connectivity index (χ1v) is 10.2. The maximum absolute atomic E-state index is 9.88. The van der Waals surface area contributed by atoms with E-state index in [-0.39, 0.29) is 12.4 Å². The molecular formula is C19H28Cl2N2O3. The molecule has 5 nitrogen and oxygen atoms in total. The molecule has 3 rings (SSSR count). The quantitative estimate of drug-likeness (QED) is 0.765. The number of rotatable bonds is 6. The number of benzene rings is 1. The van der Waals surface area contributed by atoms with Crippen molar-refractivity contribution in [1.82, 2.24) is 9.80 Å². The highest BCUT2D eigenvalue weighted by Crippen LogP contribution is 2.35. The van der Waals surface area contributed by atoms with E-state index in [0.717, 1.165) is 64.2 Å². The first-order valence-electron chi connectivity index (χ1n) is 9.41. The van der Waals surface area contributed by atoms with Crippen LogP contribution in [0.3, 0.4) is 0 Å². The molecule has 2 N–H and O–H groups in total. The van der Waals surface area contributed by atoms with Crippen LogP contribution >= 0.6 is 23.2 Å². The van der Waals surface area contributed by atoms with Gasteiger partial charge in [-0.2, -0.15) is 0 Å². The Morgan fingerprint density at radius 1 is 1.15 bits per heavy atom. The van der Waals surface area contributed by atoms with Gasteiger partial charge in [0.2, 0.25) is 0 Å². The summed E-state index contributed by atoms with van der Waals surface area (Å²) in [6.07, 6.45) is 2.92. The highest BCUT2D eigenvalue weighted by molar-refractivity contribution is 6.36. The average Bonchev–Trinajstić information content (AvgIpc) is 2.67. The van der Waals surface area contributed by atoms with Gasteiger partial charge in [0.1, 0.15) is 5.75 Å². The van der Waals surface area contributed by atoms with E-state index in [1.54, 1.807) is 6.07 Å². The lowest BCUT2D eigenvalue weighted by Crippen LogP contribution is -2.53. The van der Waals surface area contributed by atoms with Gasteiger partial charge in [0.15, 0.2) is 0 Å². The van der Waals surface area contributed by atoms with E-state index in [4.69, 9.17) is 27.9 Å². The number of morpholine rings is 1. The minimum atomic E-state index is 0.0751. The van der Waals surface area contributed by atoms with E-state index >= 15 is 0 Å². The maximum Gasteiger partial charge on any atom is 0.134 e. The van der Waals surface area contributed by atoms with Crippen LogP contribution in [0, 0.1) is 5.92 Å². The van der Waals surface area contributed by atoms with E-state index < -0.39 is 0 Å². The van der Waals surface area contributed by atoms with Crippen LogP contribution in [0.5, 0.6) is 5.75 Å². The largest absolute Gasteiger partial charge is 0.506 e. The van der Waals surface area contributed by atoms with Crippen LogP contribution in [-0.2, 0) is 11.3 Å². The lowest BCUT2D eigenvalue weighted by Gasteiger charge is -2.45. The van der Waals surface area contributed by atoms with Crippen molar-refractivity contribution in [2.24, 2.45) is 5.92 Å². The third kappa shape index (κ3) is 4.83. The summed E-state index contributed by atoms with van der Waals surface area (Å²) in [7, 11) is 0. The number of phenolic OH excluding ortho intramolecular Hbond substituents is 1. The van der Waals surface area contributed by atoms with Crippen LogP contribution in [0.25, 0.3) is 0 Å².